The Morgan fingerprint density at radius 1 is 1.58 bits per heavy atom. The van der Waals surface area contributed by atoms with Crippen molar-refractivity contribution in [3.8, 4) is 0 Å². The molecule has 0 unspecified atom stereocenters. The summed E-state index contributed by atoms with van der Waals surface area (Å²) in [6.07, 6.45) is 3.29. The zero-order chi connectivity index (χ0) is 14.0. The number of hydrogen-bond donors (Lipinski definition) is 2. The SMILES string of the molecule is CCC1=CC[C@@H]2C(C(=O)O)=CO[C@H](OC(=O)NC)[C@@H]12. The highest BCUT2D eigenvalue weighted by Gasteiger charge is 2.45. The third-order valence-electron chi connectivity index (χ3n) is 3.60. The Morgan fingerprint density at radius 2 is 2.32 bits per heavy atom. The fourth-order valence-electron chi connectivity index (χ4n) is 2.67. The molecule has 0 saturated heterocycles. The molecule has 3 atom stereocenters. The predicted molar refractivity (Wildman–Crippen MR) is 66.1 cm³/mol. The molecule has 0 radical (unpaired) electrons. The van der Waals surface area contributed by atoms with Crippen molar-refractivity contribution in [3.05, 3.63) is 23.5 Å². The topological polar surface area (TPSA) is 84.9 Å². The molecule has 0 fully saturated rings. The Labute approximate surface area is 111 Å². The molecule has 0 saturated carbocycles. The van der Waals surface area contributed by atoms with Crippen LogP contribution in [-0.4, -0.2) is 30.5 Å². The lowest BCUT2D eigenvalue weighted by Gasteiger charge is -2.33. The highest BCUT2D eigenvalue weighted by molar-refractivity contribution is 5.87. The van der Waals surface area contributed by atoms with Crippen LogP contribution in [0.4, 0.5) is 4.79 Å². The summed E-state index contributed by atoms with van der Waals surface area (Å²) < 4.78 is 10.5. The first-order valence-corrected chi connectivity index (χ1v) is 6.24. The minimum absolute atomic E-state index is 0.184. The van der Waals surface area contributed by atoms with Gasteiger partial charge in [0.1, 0.15) is 0 Å². The van der Waals surface area contributed by atoms with Gasteiger partial charge in [0.15, 0.2) is 0 Å². The molecule has 19 heavy (non-hydrogen) atoms. The third-order valence-corrected chi connectivity index (χ3v) is 3.60. The van der Waals surface area contributed by atoms with Crippen LogP contribution in [0.3, 0.4) is 0 Å². The normalized spacial score (nSPS) is 28.6. The first kappa shape index (κ1) is 13.5. The smallest absolute Gasteiger partial charge is 0.409 e. The van der Waals surface area contributed by atoms with Crippen LogP contribution in [-0.2, 0) is 14.3 Å². The highest BCUT2D eigenvalue weighted by atomic mass is 16.7. The zero-order valence-corrected chi connectivity index (χ0v) is 10.9. The molecule has 1 aliphatic carbocycles. The van der Waals surface area contributed by atoms with E-state index in [1.165, 1.54) is 13.3 Å². The summed E-state index contributed by atoms with van der Waals surface area (Å²) in [5.74, 6) is -1.38. The van der Waals surface area contributed by atoms with Crippen molar-refractivity contribution in [1.29, 1.82) is 0 Å². The van der Waals surface area contributed by atoms with Gasteiger partial charge in [-0.3, -0.25) is 0 Å². The molecule has 0 aromatic heterocycles. The summed E-state index contributed by atoms with van der Waals surface area (Å²) >= 11 is 0. The van der Waals surface area contributed by atoms with E-state index in [0.29, 0.717) is 6.42 Å². The Kier molecular flexibility index (Phi) is 3.78. The number of carboxylic acids is 1. The van der Waals surface area contributed by atoms with Gasteiger partial charge in [-0.2, -0.15) is 0 Å². The summed E-state index contributed by atoms with van der Waals surface area (Å²) in [6.45, 7) is 1.99. The number of allylic oxidation sites excluding steroid dienone is 1. The molecule has 1 amide bonds. The van der Waals surface area contributed by atoms with E-state index in [1.54, 1.807) is 0 Å². The van der Waals surface area contributed by atoms with Crippen LogP contribution >= 0.6 is 0 Å². The van der Waals surface area contributed by atoms with E-state index in [0.717, 1.165) is 12.0 Å². The minimum Gasteiger partial charge on any atom is -0.478 e. The van der Waals surface area contributed by atoms with Gasteiger partial charge in [-0.25, -0.2) is 9.59 Å². The number of carbonyl (C=O) groups is 2. The van der Waals surface area contributed by atoms with Crippen LogP contribution in [0.25, 0.3) is 0 Å². The number of ether oxygens (including phenoxy) is 2. The quantitative estimate of drug-likeness (QED) is 0.759. The average molecular weight is 267 g/mol. The van der Waals surface area contributed by atoms with E-state index in [1.807, 2.05) is 13.0 Å². The molecule has 0 aromatic carbocycles. The van der Waals surface area contributed by atoms with Gasteiger partial charge in [-0.15, -0.1) is 0 Å². The summed E-state index contributed by atoms with van der Waals surface area (Å²) in [4.78, 5) is 22.5. The third kappa shape index (κ3) is 2.43. The molecule has 1 heterocycles. The van der Waals surface area contributed by atoms with Crippen molar-refractivity contribution >= 4 is 12.1 Å². The molecular weight excluding hydrogens is 250 g/mol. The van der Waals surface area contributed by atoms with E-state index in [4.69, 9.17) is 14.6 Å². The van der Waals surface area contributed by atoms with Gasteiger partial charge in [-0.1, -0.05) is 18.6 Å². The van der Waals surface area contributed by atoms with E-state index < -0.39 is 18.4 Å². The van der Waals surface area contributed by atoms with Crippen molar-refractivity contribution in [1.82, 2.24) is 5.32 Å². The van der Waals surface area contributed by atoms with Crippen molar-refractivity contribution in [2.45, 2.75) is 26.1 Å². The number of amides is 1. The van der Waals surface area contributed by atoms with Crippen molar-refractivity contribution < 1.29 is 24.2 Å². The van der Waals surface area contributed by atoms with E-state index in [2.05, 4.69) is 5.32 Å². The van der Waals surface area contributed by atoms with E-state index in [-0.39, 0.29) is 17.4 Å². The predicted octanol–water partition coefficient (Wildman–Crippen LogP) is 1.64. The van der Waals surface area contributed by atoms with Gasteiger partial charge in [0.2, 0.25) is 0 Å². The molecule has 6 heteroatoms. The van der Waals surface area contributed by atoms with E-state index >= 15 is 0 Å². The number of nitrogens with one attached hydrogen (secondary N) is 1. The number of aliphatic carboxylic acids is 1. The number of fused-ring (bicyclic) bond motifs is 1. The summed E-state index contributed by atoms with van der Waals surface area (Å²) in [7, 11) is 1.46. The van der Waals surface area contributed by atoms with Crippen molar-refractivity contribution in [3.63, 3.8) is 0 Å². The molecule has 1 aliphatic heterocycles. The fraction of sp³-hybridized carbons (Fsp3) is 0.538. The van der Waals surface area contributed by atoms with Crippen LogP contribution in [0.5, 0.6) is 0 Å². The lowest BCUT2D eigenvalue weighted by Crippen LogP contribution is -2.39. The lowest BCUT2D eigenvalue weighted by molar-refractivity contribution is -0.138. The van der Waals surface area contributed by atoms with Crippen molar-refractivity contribution in [2.75, 3.05) is 7.05 Å². The Morgan fingerprint density at radius 3 is 2.89 bits per heavy atom. The average Bonchev–Trinajstić information content (AvgIpc) is 2.82. The van der Waals surface area contributed by atoms with Crippen LogP contribution in [0.1, 0.15) is 19.8 Å². The Balaban J connectivity index is 2.24. The number of carboxylic acid groups (broad SMARTS) is 1. The standard InChI is InChI=1S/C13H17NO5/c1-3-7-4-5-8-9(11(15)16)6-18-12(10(7)8)19-13(17)14-2/h4,6,8,10,12H,3,5H2,1-2H3,(H,14,17)(H,15,16)/t8-,10+,12-/m1/s1. The lowest BCUT2D eigenvalue weighted by atomic mass is 9.83. The molecule has 6 nitrogen and oxygen atoms in total. The minimum atomic E-state index is -0.987. The first-order valence-electron chi connectivity index (χ1n) is 6.24. The molecule has 2 aliphatic rings. The number of hydrogen-bond acceptors (Lipinski definition) is 4. The maximum Gasteiger partial charge on any atom is 0.409 e. The molecule has 104 valence electrons. The van der Waals surface area contributed by atoms with Gasteiger partial charge >= 0.3 is 12.1 Å². The molecule has 2 N–H and O–H groups in total. The Hall–Kier alpha value is -1.98. The second-order valence-electron chi connectivity index (χ2n) is 4.54. The largest absolute Gasteiger partial charge is 0.478 e. The second-order valence-corrected chi connectivity index (χ2v) is 4.54. The fourth-order valence-corrected chi connectivity index (χ4v) is 2.67. The molecule has 2 rings (SSSR count). The molecular formula is C13H17NO5. The summed E-state index contributed by atoms with van der Waals surface area (Å²) in [5, 5.41) is 11.5. The van der Waals surface area contributed by atoms with Gasteiger partial charge in [0.25, 0.3) is 6.29 Å². The molecule has 0 spiro atoms. The number of carbonyl (C=O) groups excluding carboxylic acids is 1. The monoisotopic (exact) mass is 267 g/mol. The van der Waals surface area contributed by atoms with Crippen molar-refractivity contribution in [2.24, 2.45) is 11.8 Å². The van der Waals surface area contributed by atoms with Gasteiger partial charge in [0.05, 0.1) is 17.8 Å². The van der Waals surface area contributed by atoms with E-state index in [9.17, 15) is 9.59 Å². The summed E-state index contributed by atoms with van der Waals surface area (Å²) in [6, 6.07) is 0. The van der Waals surface area contributed by atoms with Crippen LogP contribution in [0, 0.1) is 11.8 Å². The molecule has 0 aromatic rings. The number of alkyl carbamates (subject to hydrolysis) is 1. The molecule has 0 bridgehead atoms. The second kappa shape index (κ2) is 5.34. The zero-order valence-electron chi connectivity index (χ0n) is 10.9. The summed E-state index contributed by atoms with van der Waals surface area (Å²) in [5.41, 5.74) is 1.31. The van der Waals surface area contributed by atoms with Gasteiger partial charge in [0, 0.05) is 13.0 Å². The first-order chi connectivity index (χ1) is 9.08. The van der Waals surface area contributed by atoms with Gasteiger partial charge in [-0.05, 0) is 12.8 Å². The maximum atomic E-state index is 11.3. The van der Waals surface area contributed by atoms with Crippen LogP contribution in [0.15, 0.2) is 23.5 Å². The highest BCUT2D eigenvalue weighted by Crippen LogP contribution is 2.44. The van der Waals surface area contributed by atoms with Crippen LogP contribution in [0.2, 0.25) is 0 Å². The Bertz CT molecular complexity index is 454. The number of rotatable bonds is 3. The maximum absolute atomic E-state index is 11.3. The van der Waals surface area contributed by atoms with Crippen LogP contribution < -0.4 is 5.32 Å². The van der Waals surface area contributed by atoms with Gasteiger partial charge < -0.3 is 19.9 Å².